The summed E-state index contributed by atoms with van der Waals surface area (Å²) in [6.45, 7) is 10.3. The minimum absolute atomic E-state index is 0.272. The van der Waals surface area contributed by atoms with E-state index in [0.29, 0.717) is 30.6 Å². The molecule has 0 aromatic heterocycles. The van der Waals surface area contributed by atoms with Gasteiger partial charge in [0.2, 0.25) is 0 Å². The number of aliphatic hydroxyl groups excluding tert-OH is 1. The molecule has 17 heavy (non-hydrogen) atoms. The highest BCUT2D eigenvalue weighted by Gasteiger charge is 2.54. The Hall–Kier alpha value is -0.630. The van der Waals surface area contributed by atoms with Crippen molar-refractivity contribution in [2.24, 2.45) is 23.2 Å². The molecule has 2 nitrogen and oxygen atoms in total. The summed E-state index contributed by atoms with van der Waals surface area (Å²) >= 11 is 0. The van der Waals surface area contributed by atoms with Crippen molar-refractivity contribution < 1.29 is 9.90 Å². The van der Waals surface area contributed by atoms with Gasteiger partial charge in [-0.1, -0.05) is 19.1 Å². The largest absolute Gasteiger partial charge is 0.392 e. The summed E-state index contributed by atoms with van der Waals surface area (Å²) < 4.78 is 0. The maximum Gasteiger partial charge on any atom is 0.141 e. The zero-order valence-electron chi connectivity index (χ0n) is 11.2. The van der Waals surface area contributed by atoms with Crippen LogP contribution in [-0.2, 0) is 4.79 Å². The second-order valence-electron chi connectivity index (χ2n) is 6.36. The van der Waals surface area contributed by atoms with E-state index >= 15 is 0 Å². The number of hydrogen-bond donors (Lipinski definition) is 1. The summed E-state index contributed by atoms with van der Waals surface area (Å²) in [5.41, 5.74) is 0.653. The molecule has 2 saturated carbocycles. The summed E-state index contributed by atoms with van der Waals surface area (Å²) in [5, 5.41) is 10.4. The summed E-state index contributed by atoms with van der Waals surface area (Å²) in [4.78, 5) is 12.2. The van der Waals surface area contributed by atoms with Gasteiger partial charge in [0.05, 0.1) is 11.5 Å². The van der Waals surface area contributed by atoms with Crippen molar-refractivity contribution in [2.45, 2.75) is 52.6 Å². The van der Waals surface area contributed by atoms with Gasteiger partial charge < -0.3 is 5.11 Å². The second-order valence-corrected chi connectivity index (χ2v) is 6.36. The summed E-state index contributed by atoms with van der Waals surface area (Å²) in [5.74, 6) is 1.52. The van der Waals surface area contributed by atoms with Crippen molar-refractivity contribution in [1.82, 2.24) is 0 Å². The minimum atomic E-state index is -0.496. The lowest BCUT2D eigenvalue weighted by Gasteiger charge is -2.52. The molecule has 2 aliphatic carbocycles. The van der Waals surface area contributed by atoms with Crippen molar-refractivity contribution in [2.75, 3.05) is 0 Å². The normalized spacial score (nSPS) is 46.5. The zero-order valence-corrected chi connectivity index (χ0v) is 11.2. The quantitative estimate of drug-likeness (QED) is 0.711. The SMILES string of the molecule is C=C(C)C1CC(O)C2(C)C(=O)CCC(C)C2C1. The number of aliphatic hydroxyl groups is 1. The van der Waals surface area contributed by atoms with E-state index in [1.54, 1.807) is 0 Å². The van der Waals surface area contributed by atoms with Crippen molar-refractivity contribution in [3.63, 3.8) is 0 Å². The topological polar surface area (TPSA) is 37.3 Å². The van der Waals surface area contributed by atoms with Crippen LogP contribution in [0.4, 0.5) is 0 Å². The maximum atomic E-state index is 12.2. The van der Waals surface area contributed by atoms with Gasteiger partial charge in [0.1, 0.15) is 5.78 Å². The molecule has 0 spiro atoms. The molecule has 0 aromatic carbocycles. The van der Waals surface area contributed by atoms with E-state index in [1.165, 1.54) is 0 Å². The molecule has 2 aliphatic rings. The lowest BCUT2D eigenvalue weighted by molar-refractivity contribution is -0.155. The van der Waals surface area contributed by atoms with Crippen LogP contribution < -0.4 is 0 Å². The van der Waals surface area contributed by atoms with Crippen LogP contribution in [0.3, 0.4) is 0 Å². The molecule has 2 fully saturated rings. The fourth-order valence-corrected chi connectivity index (χ4v) is 3.86. The molecule has 5 atom stereocenters. The van der Waals surface area contributed by atoms with Crippen LogP contribution in [0.1, 0.15) is 46.5 Å². The monoisotopic (exact) mass is 236 g/mol. The number of hydrogen-bond acceptors (Lipinski definition) is 2. The number of Topliss-reactive ketones (excluding diaryl/α,β-unsaturated/α-hetero) is 1. The fraction of sp³-hybridized carbons (Fsp3) is 0.800. The lowest BCUT2D eigenvalue weighted by atomic mass is 9.53. The lowest BCUT2D eigenvalue weighted by Crippen LogP contribution is -2.55. The number of ketones is 1. The van der Waals surface area contributed by atoms with Crippen molar-refractivity contribution in [3.05, 3.63) is 12.2 Å². The molecule has 2 heteroatoms. The number of allylic oxidation sites excluding steroid dienone is 1. The van der Waals surface area contributed by atoms with Gasteiger partial charge >= 0.3 is 0 Å². The van der Waals surface area contributed by atoms with Crippen LogP contribution in [0, 0.1) is 23.2 Å². The van der Waals surface area contributed by atoms with Crippen LogP contribution in [0.15, 0.2) is 12.2 Å². The first-order valence-electron chi connectivity index (χ1n) is 6.74. The average molecular weight is 236 g/mol. The number of carbonyl (C=O) groups is 1. The predicted molar refractivity (Wildman–Crippen MR) is 68.5 cm³/mol. The molecule has 0 amide bonds. The van der Waals surface area contributed by atoms with E-state index in [4.69, 9.17) is 0 Å². The molecule has 0 aromatic rings. The Morgan fingerprint density at radius 2 is 2.12 bits per heavy atom. The summed E-state index contributed by atoms with van der Waals surface area (Å²) in [6, 6.07) is 0. The third-order valence-corrected chi connectivity index (χ3v) is 5.32. The zero-order chi connectivity index (χ0) is 12.8. The van der Waals surface area contributed by atoms with Gasteiger partial charge in [0, 0.05) is 6.42 Å². The Morgan fingerprint density at radius 3 is 2.71 bits per heavy atom. The molecule has 5 unspecified atom stereocenters. The minimum Gasteiger partial charge on any atom is -0.392 e. The van der Waals surface area contributed by atoms with Gasteiger partial charge in [-0.25, -0.2) is 0 Å². The molecule has 0 saturated heterocycles. The highest BCUT2D eigenvalue weighted by atomic mass is 16.3. The fourth-order valence-electron chi connectivity index (χ4n) is 3.86. The second kappa shape index (κ2) is 4.24. The first-order chi connectivity index (χ1) is 7.87. The first-order valence-corrected chi connectivity index (χ1v) is 6.74. The summed E-state index contributed by atoms with van der Waals surface area (Å²) in [7, 11) is 0. The third-order valence-electron chi connectivity index (χ3n) is 5.32. The molecule has 1 N–H and O–H groups in total. The van der Waals surface area contributed by atoms with Gasteiger partial charge in [-0.05, 0) is 50.9 Å². The third kappa shape index (κ3) is 1.87. The highest BCUT2D eigenvalue weighted by molar-refractivity contribution is 5.86. The Morgan fingerprint density at radius 1 is 1.47 bits per heavy atom. The first kappa shape index (κ1) is 12.8. The van der Waals surface area contributed by atoms with E-state index in [1.807, 2.05) is 13.8 Å². The molecule has 0 bridgehead atoms. The van der Waals surface area contributed by atoms with Crippen molar-refractivity contribution in [1.29, 1.82) is 0 Å². The van der Waals surface area contributed by atoms with E-state index in [0.717, 1.165) is 18.4 Å². The molecule has 96 valence electrons. The van der Waals surface area contributed by atoms with Gasteiger partial charge in [0.25, 0.3) is 0 Å². The molecule has 2 rings (SSSR count). The smallest absolute Gasteiger partial charge is 0.141 e. The van der Waals surface area contributed by atoms with Crippen LogP contribution in [-0.4, -0.2) is 17.0 Å². The van der Waals surface area contributed by atoms with E-state index in [9.17, 15) is 9.90 Å². The van der Waals surface area contributed by atoms with Gasteiger partial charge in [-0.2, -0.15) is 0 Å². The van der Waals surface area contributed by atoms with Gasteiger partial charge in [0.15, 0.2) is 0 Å². The van der Waals surface area contributed by atoms with Crippen LogP contribution in [0.5, 0.6) is 0 Å². The Kier molecular flexibility index (Phi) is 3.19. The summed E-state index contributed by atoms with van der Waals surface area (Å²) in [6.07, 6.45) is 2.87. The molecular formula is C15H24O2. The highest BCUT2D eigenvalue weighted by Crippen LogP contribution is 2.53. The Bertz CT molecular complexity index is 347. The standard InChI is InChI=1S/C15H24O2/c1-9(2)11-7-12-10(3)5-6-13(16)15(12,4)14(17)8-11/h10-12,14,17H,1,5-8H2,2-4H3. The molecule has 0 radical (unpaired) electrons. The van der Waals surface area contributed by atoms with E-state index in [2.05, 4.69) is 13.5 Å². The number of rotatable bonds is 1. The van der Waals surface area contributed by atoms with Crippen molar-refractivity contribution >= 4 is 5.78 Å². The molecule has 0 heterocycles. The Labute approximate surface area is 104 Å². The molecular weight excluding hydrogens is 212 g/mol. The predicted octanol–water partition coefficient (Wildman–Crippen LogP) is 2.95. The van der Waals surface area contributed by atoms with Crippen molar-refractivity contribution in [3.8, 4) is 0 Å². The van der Waals surface area contributed by atoms with Gasteiger partial charge in [-0.3, -0.25) is 4.79 Å². The molecule has 0 aliphatic heterocycles. The van der Waals surface area contributed by atoms with E-state index < -0.39 is 11.5 Å². The number of fused-ring (bicyclic) bond motifs is 1. The van der Waals surface area contributed by atoms with Crippen LogP contribution >= 0.6 is 0 Å². The Balaban J connectivity index is 2.31. The average Bonchev–Trinajstić information content (AvgIpc) is 2.26. The number of carbonyl (C=O) groups excluding carboxylic acids is 1. The van der Waals surface area contributed by atoms with Gasteiger partial charge in [-0.15, -0.1) is 0 Å². The van der Waals surface area contributed by atoms with Crippen LogP contribution in [0.2, 0.25) is 0 Å². The van der Waals surface area contributed by atoms with E-state index in [-0.39, 0.29) is 5.78 Å². The van der Waals surface area contributed by atoms with Crippen LogP contribution in [0.25, 0.3) is 0 Å². The maximum absolute atomic E-state index is 12.2.